The lowest BCUT2D eigenvalue weighted by Gasteiger charge is -2.03. The molecule has 0 spiro atoms. The van der Waals surface area contributed by atoms with Gasteiger partial charge >= 0.3 is 0 Å². The fourth-order valence-corrected chi connectivity index (χ4v) is 1.75. The smallest absolute Gasteiger partial charge is 0.120 e. The second-order valence-electron chi connectivity index (χ2n) is 4.47. The number of ether oxygens (including phenoxy) is 1. The number of unbranched alkanes of at least 4 members (excludes halogenated alkanes) is 8. The summed E-state index contributed by atoms with van der Waals surface area (Å²) in [6, 6.07) is 0. The van der Waals surface area contributed by atoms with Crippen molar-refractivity contribution in [3.63, 3.8) is 0 Å². The Labute approximate surface area is 106 Å². The molecule has 2 heteroatoms. The van der Waals surface area contributed by atoms with Crippen LogP contribution in [0.15, 0.2) is 12.7 Å². The molecule has 0 bridgehead atoms. The Morgan fingerprint density at radius 1 is 0.765 bits per heavy atom. The highest BCUT2D eigenvalue weighted by atomic mass is 16.5. The van der Waals surface area contributed by atoms with Crippen LogP contribution in [0.25, 0.3) is 0 Å². The second-order valence-corrected chi connectivity index (χ2v) is 4.47. The summed E-state index contributed by atoms with van der Waals surface area (Å²) in [5.74, 6) is 0. The molecule has 0 atom stereocenters. The first-order valence-corrected chi connectivity index (χ1v) is 7.04. The summed E-state index contributed by atoms with van der Waals surface area (Å²) in [7, 11) is 0. The van der Waals surface area contributed by atoms with Crippen LogP contribution in [-0.2, 0) is 9.53 Å². The second kappa shape index (κ2) is 15.4. The zero-order valence-corrected chi connectivity index (χ0v) is 11.2. The predicted molar refractivity (Wildman–Crippen MR) is 73.3 cm³/mol. The minimum Gasteiger partial charge on any atom is -0.381 e. The average Bonchev–Trinajstić information content (AvgIpc) is 2.35. The summed E-state index contributed by atoms with van der Waals surface area (Å²) in [6.45, 7) is 5.31. The van der Waals surface area contributed by atoms with Gasteiger partial charge in [0.15, 0.2) is 0 Å². The van der Waals surface area contributed by atoms with Crippen LogP contribution in [0.1, 0.15) is 64.2 Å². The molecule has 0 aliphatic carbocycles. The van der Waals surface area contributed by atoms with Crippen LogP contribution in [0, 0.1) is 0 Å². The van der Waals surface area contributed by atoms with Crippen LogP contribution >= 0.6 is 0 Å². The summed E-state index contributed by atoms with van der Waals surface area (Å²) < 4.78 is 5.43. The van der Waals surface area contributed by atoms with E-state index in [2.05, 4.69) is 6.58 Å². The van der Waals surface area contributed by atoms with E-state index in [4.69, 9.17) is 4.74 Å². The van der Waals surface area contributed by atoms with E-state index >= 15 is 0 Å². The Kier molecular flexibility index (Phi) is 14.8. The molecule has 0 aliphatic heterocycles. The first-order valence-electron chi connectivity index (χ1n) is 7.04. The lowest BCUT2D eigenvalue weighted by Crippen LogP contribution is -1.97. The summed E-state index contributed by atoms with van der Waals surface area (Å²) >= 11 is 0. The van der Waals surface area contributed by atoms with E-state index < -0.39 is 0 Å². The van der Waals surface area contributed by atoms with E-state index in [9.17, 15) is 4.79 Å². The van der Waals surface area contributed by atoms with Gasteiger partial charge in [-0.25, -0.2) is 0 Å². The largest absolute Gasteiger partial charge is 0.381 e. The van der Waals surface area contributed by atoms with Gasteiger partial charge in [0.25, 0.3) is 0 Å². The van der Waals surface area contributed by atoms with Crippen LogP contribution in [0.4, 0.5) is 0 Å². The van der Waals surface area contributed by atoms with Crippen molar-refractivity contribution in [2.75, 3.05) is 13.2 Å². The molecule has 0 aromatic heterocycles. The van der Waals surface area contributed by atoms with Gasteiger partial charge in [-0.1, -0.05) is 38.2 Å². The lowest BCUT2D eigenvalue weighted by atomic mass is 10.1. The molecule has 17 heavy (non-hydrogen) atoms. The van der Waals surface area contributed by atoms with Crippen LogP contribution in [-0.4, -0.2) is 19.5 Å². The van der Waals surface area contributed by atoms with E-state index in [0.717, 1.165) is 38.8 Å². The van der Waals surface area contributed by atoms with Gasteiger partial charge in [0.1, 0.15) is 6.29 Å². The molecule has 0 heterocycles. The molecule has 0 fully saturated rings. The van der Waals surface area contributed by atoms with E-state index in [1.807, 2.05) is 6.08 Å². The van der Waals surface area contributed by atoms with Crippen molar-refractivity contribution in [1.29, 1.82) is 0 Å². The maximum Gasteiger partial charge on any atom is 0.120 e. The normalized spacial score (nSPS) is 10.4. The standard InChI is InChI=1S/C15H28O2/c1-2-3-4-5-6-7-8-9-11-14-17-15-12-10-13-16/h2,13H,1,3-12,14-15H2. The van der Waals surface area contributed by atoms with Crippen LogP contribution in [0.5, 0.6) is 0 Å². The first kappa shape index (κ1) is 16.4. The maximum atomic E-state index is 10.0. The Morgan fingerprint density at radius 2 is 1.35 bits per heavy atom. The highest BCUT2D eigenvalue weighted by Crippen LogP contribution is 2.08. The van der Waals surface area contributed by atoms with Gasteiger partial charge < -0.3 is 9.53 Å². The molecule has 0 aliphatic rings. The number of allylic oxidation sites excluding steroid dienone is 1. The molecule has 0 aromatic carbocycles. The summed E-state index contributed by atoms with van der Waals surface area (Å²) in [5.41, 5.74) is 0. The Bertz CT molecular complexity index is 148. The number of hydrogen-bond donors (Lipinski definition) is 0. The molecule has 100 valence electrons. The fraction of sp³-hybridized carbons (Fsp3) is 0.800. The summed E-state index contributed by atoms with van der Waals surface area (Å²) in [4.78, 5) is 10.0. The molecule has 0 saturated carbocycles. The monoisotopic (exact) mass is 240 g/mol. The molecular formula is C15H28O2. The SMILES string of the molecule is C=CCCCCCCCCCOCCCC=O. The molecule has 0 unspecified atom stereocenters. The van der Waals surface area contributed by atoms with E-state index in [1.165, 1.54) is 38.5 Å². The van der Waals surface area contributed by atoms with Crippen molar-refractivity contribution < 1.29 is 9.53 Å². The minimum atomic E-state index is 0.630. The highest BCUT2D eigenvalue weighted by molar-refractivity contribution is 5.48. The zero-order valence-electron chi connectivity index (χ0n) is 11.2. The molecule has 0 saturated heterocycles. The number of carbonyl (C=O) groups excluding carboxylic acids is 1. The molecule has 0 radical (unpaired) electrons. The van der Waals surface area contributed by atoms with E-state index in [-0.39, 0.29) is 0 Å². The van der Waals surface area contributed by atoms with Crippen LogP contribution in [0.2, 0.25) is 0 Å². The number of hydrogen-bond acceptors (Lipinski definition) is 2. The van der Waals surface area contributed by atoms with Crippen molar-refractivity contribution in [2.24, 2.45) is 0 Å². The van der Waals surface area contributed by atoms with Gasteiger partial charge in [0.2, 0.25) is 0 Å². The maximum absolute atomic E-state index is 10.0. The fourth-order valence-electron chi connectivity index (χ4n) is 1.75. The highest BCUT2D eigenvalue weighted by Gasteiger charge is 1.92. The van der Waals surface area contributed by atoms with Gasteiger partial charge in [-0.2, -0.15) is 0 Å². The van der Waals surface area contributed by atoms with Crippen molar-refractivity contribution in [3.8, 4) is 0 Å². The van der Waals surface area contributed by atoms with Gasteiger partial charge in [0.05, 0.1) is 0 Å². The first-order chi connectivity index (χ1) is 8.41. The Balaban J connectivity index is 2.89. The summed E-state index contributed by atoms with van der Waals surface area (Å²) in [5, 5.41) is 0. The quantitative estimate of drug-likeness (QED) is 0.257. The summed E-state index contributed by atoms with van der Waals surface area (Å²) in [6.07, 6.45) is 14.7. The molecule has 0 amide bonds. The third-order valence-corrected chi connectivity index (χ3v) is 2.81. The van der Waals surface area contributed by atoms with Crippen molar-refractivity contribution in [1.82, 2.24) is 0 Å². The van der Waals surface area contributed by atoms with Crippen LogP contribution in [0.3, 0.4) is 0 Å². The average molecular weight is 240 g/mol. The van der Waals surface area contributed by atoms with E-state index in [0.29, 0.717) is 6.42 Å². The molecule has 0 rings (SSSR count). The Hall–Kier alpha value is -0.630. The van der Waals surface area contributed by atoms with E-state index in [1.54, 1.807) is 0 Å². The van der Waals surface area contributed by atoms with Gasteiger partial charge in [-0.15, -0.1) is 6.58 Å². The Morgan fingerprint density at radius 3 is 2.00 bits per heavy atom. The lowest BCUT2D eigenvalue weighted by molar-refractivity contribution is -0.108. The van der Waals surface area contributed by atoms with Gasteiger partial charge in [-0.05, 0) is 25.7 Å². The molecular weight excluding hydrogens is 212 g/mol. The third kappa shape index (κ3) is 15.4. The van der Waals surface area contributed by atoms with Crippen molar-refractivity contribution in [2.45, 2.75) is 64.2 Å². The number of carbonyl (C=O) groups is 1. The number of aldehydes is 1. The van der Waals surface area contributed by atoms with Gasteiger partial charge in [0, 0.05) is 19.6 Å². The minimum absolute atomic E-state index is 0.630. The van der Waals surface area contributed by atoms with Crippen molar-refractivity contribution in [3.05, 3.63) is 12.7 Å². The number of rotatable bonds is 14. The molecule has 2 nitrogen and oxygen atoms in total. The predicted octanol–water partition coefficient (Wildman–Crippen LogP) is 4.29. The van der Waals surface area contributed by atoms with Crippen molar-refractivity contribution >= 4 is 6.29 Å². The molecule has 0 aromatic rings. The van der Waals surface area contributed by atoms with Crippen LogP contribution < -0.4 is 0 Å². The molecule has 0 N–H and O–H groups in total. The third-order valence-electron chi connectivity index (χ3n) is 2.81. The zero-order chi connectivity index (χ0) is 12.6. The topological polar surface area (TPSA) is 26.3 Å². The van der Waals surface area contributed by atoms with Gasteiger partial charge in [-0.3, -0.25) is 0 Å².